The van der Waals surface area contributed by atoms with Crippen LogP contribution in [0.25, 0.3) is 0 Å². The molecule has 6 heteroatoms. The number of hydrogen-bond acceptors (Lipinski definition) is 3. The molecule has 0 aliphatic heterocycles. The lowest BCUT2D eigenvalue weighted by Gasteiger charge is -2.21. The summed E-state index contributed by atoms with van der Waals surface area (Å²) in [6, 6.07) is 3.15. The Morgan fingerprint density at radius 3 is 2.33 bits per heavy atom. The van der Waals surface area contributed by atoms with E-state index in [1.165, 1.54) is 18.2 Å². The average Bonchev–Trinajstić information content (AvgIpc) is 2.18. The Morgan fingerprint density at radius 2 is 1.83 bits per heavy atom. The number of aromatic carboxylic acids is 1. The molecule has 0 bridgehead atoms. The lowest BCUT2D eigenvalue weighted by atomic mass is 10.1. The highest BCUT2D eigenvalue weighted by Gasteiger charge is 2.15. The largest absolute Gasteiger partial charge is 0.506 e. The minimum atomic E-state index is -1.13. The molecular formula is C12H16N2O4. The molecule has 4 N–H and O–H groups in total. The summed E-state index contributed by atoms with van der Waals surface area (Å²) in [5.41, 5.74) is -0.389. The number of carbonyl (C=O) groups excluding carboxylic acids is 1. The third-order valence-corrected chi connectivity index (χ3v) is 1.98. The molecule has 0 atom stereocenters. The number of aromatic hydroxyl groups is 1. The van der Waals surface area contributed by atoms with E-state index in [-0.39, 0.29) is 17.0 Å². The summed E-state index contributed by atoms with van der Waals surface area (Å²) in [7, 11) is 0. The Kier molecular flexibility index (Phi) is 3.80. The van der Waals surface area contributed by atoms with Crippen LogP contribution in [0.15, 0.2) is 18.2 Å². The second-order valence-corrected chi connectivity index (χ2v) is 4.87. The van der Waals surface area contributed by atoms with Crippen molar-refractivity contribution in [3.05, 3.63) is 23.8 Å². The van der Waals surface area contributed by atoms with Gasteiger partial charge in [0.2, 0.25) is 0 Å². The topological polar surface area (TPSA) is 98.7 Å². The van der Waals surface area contributed by atoms with E-state index in [2.05, 4.69) is 10.6 Å². The highest BCUT2D eigenvalue weighted by Crippen LogP contribution is 2.24. The van der Waals surface area contributed by atoms with Gasteiger partial charge in [-0.2, -0.15) is 0 Å². The number of nitrogens with one attached hydrogen (secondary N) is 2. The van der Waals surface area contributed by atoms with E-state index in [0.717, 1.165) is 0 Å². The van der Waals surface area contributed by atoms with Crippen molar-refractivity contribution < 1.29 is 19.8 Å². The number of phenols is 1. The first-order valence-corrected chi connectivity index (χ1v) is 5.34. The van der Waals surface area contributed by atoms with Crippen LogP contribution in [-0.2, 0) is 0 Å². The molecule has 0 saturated carbocycles. The molecule has 0 spiro atoms. The number of hydrogen-bond donors (Lipinski definition) is 4. The minimum Gasteiger partial charge on any atom is -0.506 e. The van der Waals surface area contributed by atoms with Gasteiger partial charge in [0, 0.05) is 5.54 Å². The first-order valence-electron chi connectivity index (χ1n) is 5.34. The van der Waals surface area contributed by atoms with Gasteiger partial charge in [0.25, 0.3) is 0 Å². The second-order valence-electron chi connectivity index (χ2n) is 4.87. The molecule has 1 rings (SSSR count). The molecule has 98 valence electrons. The summed E-state index contributed by atoms with van der Waals surface area (Å²) in [5.74, 6) is -1.32. The molecule has 6 nitrogen and oxygen atoms in total. The van der Waals surface area contributed by atoms with Crippen molar-refractivity contribution in [1.29, 1.82) is 0 Å². The van der Waals surface area contributed by atoms with Crippen molar-refractivity contribution in [3.8, 4) is 5.75 Å². The van der Waals surface area contributed by atoms with Crippen LogP contribution < -0.4 is 10.6 Å². The zero-order chi connectivity index (χ0) is 13.9. The first-order chi connectivity index (χ1) is 8.19. The third-order valence-electron chi connectivity index (χ3n) is 1.98. The average molecular weight is 252 g/mol. The number of amides is 2. The van der Waals surface area contributed by atoms with Crippen molar-refractivity contribution in [3.63, 3.8) is 0 Å². The summed E-state index contributed by atoms with van der Waals surface area (Å²) in [6.45, 7) is 5.42. The molecule has 2 amide bonds. The number of rotatable bonds is 2. The maximum absolute atomic E-state index is 11.6. The Labute approximate surface area is 105 Å². The van der Waals surface area contributed by atoms with Crippen molar-refractivity contribution in [2.24, 2.45) is 0 Å². The van der Waals surface area contributed by atoms with Crippen LogP contribution in [0.2, 0.25) is 0 Å². The molecule has 0 radical (unpaired) electrons. The van der Waals surface area contributed by atoms with Crippen molar-refractivity contribution in [2.75, 3.05) is 5.32 Å². The van der Waals surface area contributed by atoms with E-state index in [9.17, 15) is 14.7 Å². The highest BCUT2D eigenvalue weighted by molar-refractivity contribution is 5.94. The van der Waals surface area contributed by atoms with Gasteiger partial charge in [-0.1, -0.05) is 0 Å². The van der Waals surface area contributed by atoms with E-state index < -0.39 is 17.5 Å². The molecule has 0 heterocycles. The van der Waals surface area contributed by atoms with Crippen LogP contribution in [0.1, 0.15) is 31.1 Å². The molecule has 0 aliphatic rings. The summed E-state index contributed by atoms with van der Waals surface area (Å²) < 4.78 is 0. The number of carbonyl (C=O) groups is 2. The first kappa shape index (κ1) is 13.8. The standard InChI is InChI=1S/C12H16N2O4/c1-12(2,3)14-11(18)13-8-6-7(10(16)17)4-5-9(8)15/h4-6,15H,1-3H3,(H,16,17)(H2,13,14,18). The van der Waals surface area contributed by atoms with Crippen LogP contribution in [0, 0.1) is 0 Å². The van der Waals surface area contributed by atoms with Crippen LogP contribution in [-0.4, -0.2) is 27.8 Å². The van der Waals surface area contributed by atoms with Gasteiger partial charge in [-0.05, 0) is 39.0 Å². The molecule has 0 fully saturated rings. The predicted octanol–water partition coefficient (Wildman–Crippen LogP) is 2.01. The van der Waals surface area contributed by atoms with E-state index >= 15 is 0 Å². The second kappa shape index (κ2) is 4.95. The van der Waals surface area contributed by atoms with Crippen LogP contribution in [0.4, 0.5) is 10.5 Å². The van der Waals surface area contributed by atoms with E-state index in [1.807, 2.05) is 0 Å². The number of phenolic OH excluding ortho intramolecular Hbond substituents is 1. The molecule has 0 aliphatic carbocycles. The highest BCUT2D eigenvalue weighted by atomic mass is 16.4. The molecule has 0 saturated heterocycles. The summed E-state index contributed by atoms with van der Waals surface area (Å²) in [6.07, 6.45) is 0. The molecule has 18 heavy (non-hydrogen) atoms. The number of carboxylic acid groups (broad SMARTS) is 1. The lowest BCUT2D eigenvalue weighted by molar-refractivity contribution is 0.0697. The smallest absolute Gasteiger partial charge is 0.335 e. The van der Waals surface area contributed by atoms with E-state index in [4.69, 9.17) is 5.11 Å². The van der Waals surface area contributed by atoms with Crippen LogP contribution in [0.5, 0.6) is 5.75 Å². The fourth-order valence-corrected chi connectivity index (χ4v) is 1.26. The SMILES string of the molecule is CC(C)(C)NC(=O)Nc1cc(C(=O)O)ccc1O. The summed E-state index contributed by atoms with van der Waals surface area (Å²) >= 11 is 0. The minimum absolute atomic E-state index is 0.0149. The van der Waals surface area contributed by atoms with Crippen molar-refractivity contribution >= 4 is 17.7 Å². The zero-order valence-electron chi connectivity index (χ0n) is 10.4. The number of benzene rings is 1. The normalized spacial score (nSPS) is 10.8. The van der Waals surface area contributed by atoms with Gasteiger partial charge in [0.15, 0.2) is 0 Å². The van der Waals surface area contributed by atoms with Crippen molar-refractivity contribution in [2.45, 2.75) is 26.3 Å². The van der Waals surface area contributed by atoms with Gasteiger partial charge in [0.05, 0.1) is 11.3 Å². The van der Waals surface area contributed by atoms with Gasteiger partial charge in [0.1, 0.15) is 5.75 Å². The molecular weight excluding hydrogens is 236 g/mol. The maximum atomic E-state index is 11.6. The number of carboxylic acids is 1. The maximum Gasteiger partial charge on any atom is 0.335 e. The Bertz CT molecular complexity index is 477. The van der Waals surface area contributed by atoms with Crippen molar-refractivity contribution in [1.82, 2.24) is 5.32 Å². The lowest BCUT2D eigenvalue weighted by Crippen LogP contribution is -2.43. The zero-order valence-corrected chi connectivity index (χ0v) is 10.4. The number of anilines is 1. The van der Waals surface area contributed by atoms with Gasteiger partial charge in [-0.15, -0.1) is 0 Å². The van der Waals surface area contributed by atoms with Gasteiger partial charge >= 0.3 is 12.0 Å². The molecule has 1 aromatic rings. The van der Waals surface area contributed by atoms with Gasteiger partial charge in [-0.25, -0.2) is 9.59 Å². The van der Waals surface area contributed by atoms with E-state index in [0.29, 0.717) is 0 Å². The third kappa shape index (κ3) is 3.97. The fourth-order valence-electron chi connectivity index (χ4n) is 1.26. The van der Waals surface area contributed by atoms with Gasteiger partial charge < -0.3 is 20.8 Å². The van der Waals surface area contributed by atoms with Crippen LogP contribution in [0.3, 0.4) is 0 Å². The summed E-state index contributed by atoms with van der Waals surface area (Å²) in [4.78, 5) is 22.3. The van der Waals surface area contributed by atoms with Crippen LogP contribution >= 0.6 is 0 Å². The van der Waals surface area contributed by atoms with E-state index in [1.54, 1.807) is 20.8 Å². The quantitative estimate of drug-likeness (QED) is 0.605. The molecule has 0 unspecified atom stereocenters. The fraction of sp³-hybridized carbons (Fsp3) is 0.333. The monoisotopic (exact) mass is 252 g/mol. The number of urea groups is 1. The predicted molar refractivity (Wildman–Crippen MR) is 67.0 cm³/mol. The van der Waals surface area contributed by atoms with Gasteiger partial charge in [-0.3, -0.25) is 0 Å². The Balaban J connectivity index is 2.87. The Hall–Kier alpha value is -2.24. The molecule has 1 aromatic carbocycles. The summed E-state index contributed by atoms with van der Waals surface area (Å²) in [5, 5.41) is 23.4. The Morgan fingerprint density at radius 1 is 1.22 bits per heavy atom. The molecule has 0 aromatic heterocycles.